The number of amides is 1. The predicted octanol–water partition coefficient (Wildman–Crippen LogP) is 1.51. The summed E-state index contributed by atoms with van der Waals surface area (Å²) in [5, 5.41) is 0. The average Bonchev–Trinajstić information content (AvgIpc) is 1.91. The van der Waals surface area contributed by atoms with Crippen LogP contribution in [0.25, 0.3) is 0 Å². The van der Waals surface area contributed by atoms with Crippen molar-refractivity contribution in [1.82, 2.24) is 4.90 Å². The van der Waals surface area contributed by atoms with Crippen LogP contribution in [-0.4, -0.2) is 24.4 Å². The second-order valence-electron chi connectivity index (χ2n) is 3.05. The normalized spacial score (nSPS) is 20.9. The molecule has 2 heteroatoms. The molecule has 10 heavy (non-hydrogen) atoms. The Hall–Kier alpha value is -0.530. The molecule has 0 N–H and O–H groups in total. The molecule has 1 rings (SSSR count). The van der Waals surface area contributed by atoms with Gasteiger partial charge in [-0.1, -0.05) is 13.8 Å². The second kappa shape index (κ2) is 3.04. The summed E-state index contributed by atoms with van der Waals surface area (Å²) in [5.41, 5.74) is -0.0608. The maximum atomic E-state index is 10.8. The van der Waals surface area contributed by atoms with Gasteiger partial charge < -0.3 is 4.90 Å². The molecule has 2 nitrogen and oxygen atoms in total. The highest BCUT2D eigenvalue weighted by Crippen LogP contribution is 2.28. The minimum Gasteiger partial charge on any atom is -0.344 e. The summed E-state index contributed by atoms with van der Waals surface area (Å²) < 4.78 is 0. The third kappa shape index (κ3) is 1.49. The Balaban J connectivity index is 0.000000371. The van der Waals surface area contributed by atoms with Crippen molar-refractivity contribution < 1.29 is 4.79 Å². The van der Waals surface area contributed by atoms with E-state index in [0.717, 1.165) is 6.54 Å². The molecule has 0 spiro atoms. The van der Waals surface area contributed by atoms with Crippen LogP contribution in [0, 0.1) is 5.41 Å². The Kier molecular flexibility index (Phi) is 2.88. The SMILES string of the molecule is CC.CN1CC(C)(C)C1=O. The molecule has 60 valence electrons. The van der Waals surface area contributed by atoms with Crippen molar-refractivity contribution in [2.75, 3.05) is 13.6 Å². The first-order valence-corrected chi connectivity index (χ1v) is 3.79. The first kappa shape index (κ1) is 9.47. The Morgan fingerprint density at radius 3 is 1.80 bits per heavy atom. The van der Waals surface area contributed by atoms with Gasteiger partial charge in [0.05, 0.1) is 5.41 Å². The summed E-state index contributed by atoms with van der Waals surface area (Å²) in [6, 6.07) is 0. The molecule has 0 atom stereocenters. The van der Waals surface area contributed by atoms with Crippen LogP contribution in [0.15, 0.2) is 0 Å². The van der Waals surface area contributed by atoms with E-state index in [1.165, 1.54) is 0 Å². The number of carbonyl (C=O) groups is 1. The van der Waals surface area contributed by atoms with Gasteiger partial charge in [0.15, 0.2) is 0 Å². The number of hydrogen-bond acceptors (Lipinski definition) is 1. The quantitative estimate of drug-likeness (QED) is 0.471. The van der Waals surface area contributed by atoms with Crippen LogP contribution in [0.5, 0.6) is 0 Å². The van der Waals surface area contributed by atoms with E-state index in [4.69, 9.17) is 0 Å². The fourth-order valence-electron chi connectivity index (χ4n) is 1.16. The number of β-lactam (4-membered cyclic amide) rings is 1. The van der Waals surface area contributed by atoms with Crippen LogP contribution in [0.2, 0.25) is 0 Å². The minimum absolute atomic E-state index is 0.0608. The molecular formula is C8H17NO. The molecule has 0 aromatic heterocycles. The molecule has 0 aromatic rings. The molecule has 0 aliphatic carbocycles. The van der Waals surface area contributed by atoms with Gasteiger partial charge in [0.25, 0.3) is 0 Å². The van der Waals surface area contributed by atoms with Crippen molar-refractivity contribution in [3.8, 4) is 0 Å². The van der Waals surface area contributed by atoms with E-state index in [1.54, 1.807) is 4.90 Å². The monoisotopic (exact) mass is 143 g/mol. The first-order chi connectivity index (χ1) is 4.54. The minimum atomic E-state index is -0.0608. The van der Waals surface area contributed by atoms with Crippen LogP contribution >= 0.6 is 0 Å². The Morgan fingerprint density at radius 1 is 1.40 bits per heavy atom. The third-order valence-corrected chi connectivity index (χ3v) is 1.56. The summed E-state index contributed by atoms with van der Waals surface area (Å²) >= 11 is 0. The van der Waals surface area contributed by atoms with Crippen molar-refractivity contribution in [2.24, 2.45) is 5.41 Å². The zero-order chi connectivity index (χ0) is 8.36. The van der Waals surface area contributed by atoms with Crippen molar-refractivity contribution >= 4 is 5.91 Å². The lowest BCUT2D eigenvalue weighted by Crippen LogP contribution is -2.56. The molecular weight excluding hydrogens is 126 g/mol. The fourth-order valence-corrected chi connectivity index (χ4v) is 1.16. The lowest BCUT2D eigenvalue weighted by atomic mass is 9.84. The van der Waals surface area contributed by atoms with Crippen molar-refractivity contribution in [1.29, 1.82) is 0 Å². The van der Waals surface area contributed by atoms with Crippen LogP contribution < -0.4 is 0 Å². The lowest BCUT2D eigenvalue weighted by Gasteiger charge is -2.41. The van der Waals surface area contributed by atoms with Crippen molar-refractivity contribution in [3.05, 3.63) is 0 Å². The van der Waals surface area contributed by atoms with Gasteiger partial charge in [-0.25, -0.2) is 0 Å². The van der Waals surface area contributed by atoms with Crippen molar-refractivity contribution in [2.45, 2.75) is 27.7 Å². The van der Waals surface area contributed by atoms with Crippen LogP contribution in [0.3, 0.4) is 0 Å². The van der Waals surface area contributed by atoms with E-state index in [9.17, 15) is 4.79 Å². The average molecular weight is 143 g/mol. The summed E-state index contributed by atoms with van der Waals surface area (Å²) in [7, 11) is 1.83. The molecule has 1 amide bonds. The maximum Gasteiger partial charge on any atom is 0.229 e. The first-order valence-electron chi connectivity index (χ1n) is 3.79. The molecule has 0 bridgehead atoms. The number of hydrogen-bond donors (Lipinski definition) is 0. The summed E-state index contributed by atoms with van der Waals surface area (Å²) in [6.45, 7) is 8.84. The lowest BCUT2D eigenvalue weighted by molar-refractivity contribution is -0.153. The molecule has 0 saturated carbocycles. The molecule has 0 unspecified atom stereocenters. The van der Waals surface area contributed by atoms with E-state index >= 15 is 0 Å². The van der Waals surface area contributed by atoms with Gasteiger partial charge in [-0.15, -0.1) is 0 Å². The van der Waals surface area contributed by atoms with Crippen molar-refractivity contribution in [3.63, 3.8) is 0 Å². The highest BCUT2D eigenvalue weighted by molar-refractivity contribution is 5.87. The molecule has 1 saturated heterocycles. The topological polar surface area (TPSA) is 20.3 Å². The fraction of sp³-hybridized carbons (Fsp3) is 0.875. The van der Waals surface area contributed by atoms with E-state index in [1.807, 2.05) is 34.7 Å². The third-order valence-electron chi connectivity index (χ3n) is 1.56. The molecule has 0 aromatic carbocycles. The Bertz CT molecular complexity index is 129. The molecule has 1 aliphatic rings. The zero-order valence-electron chi connectivity index (χ0n) is 7.56. The van der Waals surface area contributed by atoms with Gasteiger partial charge in [-0.05, 0) is 13.8 Å². The molecule has 1 aliphatic heterocycles. The summed E-state index contributed by atoms with van der Waals surface area (Å²) in [6.07, 6.45) is 0. The van der Waals surface area contributed by atoms with E-state index in [-0.39, 0.29) is 11.3 Å². The summed E-state index contributed by atoms with van der Waals surface area (Å²) in [4.78, 5) is 12.5. The predicted molar refractivity (Wildman–Crippen MR) is 42.8 cm³/mol. The van der Waals surface area contributed by atoms with Gasteiger partial charge in [-0.2, -0.15) is 0 Å². The van der Waals surface area contributed by atoms with Crippen LogP contribution in [0.1, 0.15) is 27.7 Å². The highest BCUT2D eigenvalue weighted by Gasteiger charge is 2.41. The van der Waals surface area contributed by atoms with Crippen LogP contribution in [-0.2, 0) is 4.79 Å². The van der Waals surface area contributed by atoms with Gasteiger partial charge >= 0.3 is 0 Å². The Morgan fingerprint density at radius 2 is 1.80 bits per heavy atom. The molecule has 1 heterocycles. The number of likely N-dealkylation sites (tertiary alicyclic amines) is 1. The summed E-state index contributed by atoms with van der Waals surface area (Å²) in [5.74, 6) is 0.262. The second-order valence-corrected chi connectivity index (χ2v) is 3.05. The molecule has 0 radical (unpaired) electrons. The highest BCUT2D eigenvalue weighted by atomic mass is 16.2. The van der Waals surface area contributed by atoms with E-state index < -0.39 is 0 Å². The van der Waals surface area contributed by atoms with E-state index in [2.05, 4.69) is 0 Å². The number of carbonyl (C=O) groups excluding carboxylic acids is 1. The number of nitrogens with zero attached hydrogens (tertiary/aromatic N) is 1. The maximum absolute atomic E-state index is 10.8. The largest absolute Gasteiger partial charge is 0.344 e. The smallest absolute Gasteiger partial charge is 0.229 e. The van der Waals surface area contributed by atoms with E-state index in [0.29, 0.717) is 0 Å². The van der Waals surface area contributed by atoms with Gasteiger partial charge in [0.2, 0.25) is 5.91 Å². The van der Waals surface area contributed by atoms with Crippen LogP contribution in [0.4, 0.5) is 0 Å². The zero-order valence-corrected chi connectivity index (χ0v) is 7.56. The number of rotatable bonds is 0. The standard InChI is InChI=1S/C6H11NO.C2H6/c1-6(2)4-7(3)5(6)8;1-2/h4H2,1-3H3;1-2H3. The van der Waals surface area contributed by atoms with Gasteiger partial charge in [0, 0.05) is 13.6 Å². The molecule has 1 fully saturated rings. The Labute approximate surface area is 63.2 Å². The van der Waals surface area contributed by atoms with Gasteiger partial charge in [-0.3, -0.25) is 4.79 Å². The van der Waals surface area contributed by atoms with Gasteiger partial charge in [0.1, 0.15) is 0 Å².